The van der Waals surface area contributed by atoms with Gasteiger partial charge in [-0.1, -0.05) is 32.4 Å². The first-order valence-corrected chi connectivity index (χ1v) is 9.04. The molecule has 1 saturated heterocycles. The molecule has 1 aliphatic rings. The van der Waals surface area contributed by atoms with Crippen LogP contribution in [0, 0.1) is 5.92 Å². The quantitative estimate of drug-likeness (QED) is 0.821. The second-order valence-corrected chi connectivity index (χ2v) is 6.88. The summed E-state index contributed by atoms with van der Waals surface area (Å²) in [7, 11) is 0. The lowest BCUT2D eigenvalue weighted by Gasteiger charge is -2.34. The topological polar surface area (TPSA) is 78.7 Å². The van der Waals surface area contributed by atoms with E-state index in [4.69, 9.17) is 5.73 Å². The molecule has 0 bridgehead atoms. The van der Waals surface area contributed by atoms with Crippen molar-refractivity contribution in [1.82, 2.24) is 9.80 Å². The van der Waals surface area contributed by atoms with Gasteiger partial charge in [0.15, 0.2) is 0 Å². The van der Waals surface area contributed by atoms with Crippen molar-refractivity contribution in [1.29, 1.82) is 0 Å². The van der Waals surface area contributed by atoms with E-state index in [1.54, 1.807) is 6.92 Å². The van der Waals surface area contributed by atoms with Gasteiger partial charge in [0.1, 0.15) is 0 Å². The molecule has 3 N–H and O–H groups in total. The van der Waals surface area contributed by atoms with Crippen LogP contribution in [0.5, 0.6) is 0 Å². The van der Waals surface area contributed by atoms with E-state index in [1.165, 1.54) is 5.56 Å². The van der Waals surface area contributed by atoms with Gasteiger partial charge in [0.05, 0.1) is 6.04 Å². The van der Waals surface area contributed by atoms with Crippen LogP contribution in [0.25, 0.3) is 0 Å². The molecule has 1 heterocycles. The van der Waals surface area contributed by atoms with Crippen molar-refractivity contribution in [3.05, 3.63) is 29.8 Å². The summed E-state index contributed by atoms with van der Waals surface area (Å²) in [5, 5.41) is 2.88. The lowest BCUT2D eigenvalue weighted by atomic mass is 9.99. The summed E-state index contributed by atoms with van der Waals surface area (Å²) < 4.78 is 0. The zero-order valence-corrected chi connectivity index (χ0v) is 15.5. The fourth-order valence-electron chi connectivity index (χ4n) is 2.91. The van der Waals surface area contributed by atoms with Crippen LogP contribution in [0.1, 0.15) is 32.8 Å². The van der Waals surface area contributed by atoms with Gasteiger partial charge in [-0.3, -0.25) is 14.5 Å². The van der Waals surface area contributed by atoms with Crippen LogP contribution in [0.4, 0.5) is 5.69 Å². The zero-order valence-electron chi connectivity index (χ0n) is 15.5. The zero-order chi connectivity index (χ0) is 18.4. The van der Waals surface area contributed by atoms with Crippen molar-refractivity contribution < 1.29 is 9.59 Å². The van der Waals surface area contributed by atoms with Gasteiger partial charge in [0.2, 0.25) is 11.8 Å². The number of hydrogen-bond acceptors (Lipinski definition) is 4. The number of amides is 2. The summed E-state index contributed by atoms with van der Waals surface area (Å²) >= 11 is 0. The molecule has 0 aromatic heterocycles. The molecular formula is C19H30N4O2. The minimum atomic E-state index is -0.484. The third-order valence-corrected chi connectivity index (χ3v) is 5.01. The summed E-state index contributed by atoms with van der Waals surface area (Å²) in [5.74, 6) is 0.172. The highest BCUT2D eigenvalue weighted by Gasteiger charge is 2.20. The molecule has 0 aliphatic carbocycles. The van der Waals surface area contributed by atoms with Crippen molar-refractivity contribution in [2.75, 3.05) is 31.5 Å². The Kier molecular flexibility index (Phi) is 6.96. The third kappa shape index (κ3) is 5.54. The first-order valence-electron chi connectivity index (χ1n) is 9.04. The van der Waals surface area contributed by atoms with E-state index < -0.39 is 6.04 Å². The number of benzene rings is 1. The second-order valence-electron chi connectivity index (χ2n) is 6.88. The number of hydrogen-bond donors (Lipinski definition) is 2. The number of nitrogens with two attached hydrogens (primary N) is 1. The number of nitrogens with zero attached hydrogens (tertiary/aromatic N) is 2. The monoisotopic (exact) mass is 346 g/mol. The van der Waals surface area contributed by atoms with E-state index in [9.17, 15) is 9.59 Å². The maximum absolute atomic E-state index is 12.1. The van der Waals surface area contributed by atoms with Gasteiger partial charge in [-0.05, 0) is 23.6 Å². The molecule has 0 radical (unpaired) electrons. The average molecular weight is 346 g/mol. The second kappa shape index (κ2) is 8.97. The summed E-state index contributed by atoms with van der Waals surface area (Å²) in [6.45, 7) is 9.85. The minimum absolute atomic E-state index is 0.137. The maximum Gasteiger partial charge on any atom is 0.241 e. The normalized spacial score (nSPS) is 17.8. The van der Waals surface area contributed by atoms with Gasteiger partial charge in [-0.25, -0.2) is 0 Å². The lowest BCUT2D eigenvalue weighted by molar-refractivity contribution is -0.130. The van der Waals surface area contributed by atoms with Crippen molar-refractivity contribution in [2.45, 2.75) is 39.8 Å². The molecule has 2 atom stereocenters. The predicted octanol–water partition coefficient (Wildman–Crippen LogP) is 1.66. The van der Waals surface area contributed by atoms with Crippen LogP contribution in [0.15, 0.2) is 24.3 Å². The largest absolute Gasteiger partial charge is 0.340 e. The summed E-state index contributed by atoms with van der Waals surface area (Å²) in [6, 6.07) is 7.41. The summed E-state index contributed by atoms with van der Waals surface area (Å²) in [5.41, 5.74) is 7.93. The molecule has 1 aliphatic heterocycles. The Morgan fingerprint density at radius 2 is 1.76 bits per heavy atom. The van der Waals surface area contributed by atoms with Crippen molar-refractivity contribution in [3.8, 4) is 0 Å². The Morgan fingerprint density at radius 1 is 1.16 bits per heavy atom. The number of anilines is 1. The van der Waals surface area contributed by atoms with Gasteiger partial charge in [-0.15, -0.1) is 0 Å². The molecule has 6 heteroatoms. The molecule has 2 unspecified atom stereocenters. The van der Waals surface area contributed by atoms with Crippen LogP contribution >= 0.6 is 0 Å². The molecular weight excluding hydrogens is 316 g/mol. The Labute approximate surface area is 150 Å². The standard InChI is InChI=1S/C19H30N4O2/c1-4-14(2)18(20)19(25)21-17-7-5-16(6-8-17)13-22-9-11-23(12-10-22)15(3)24/h5-8,14,18H,4,9-13,20H2,1-3H3,(H,21,25). The maximum atomic E-state index is 12.1. The Hall–Kier alpha value is -1.92. The highest BCUT2D eigenvalue weighted by atomic mass is 16.2. The number of nitrogens with one attached hydrogen (secondary N) is 1. The summed E-state index contributed by atoms with van der Waals surface area (Å²) in [6.07, 6.45) is 0.879. The number of rotatable bonds is 6. The Morgan fingerprint density at radius 3 is 2.28 bits per heavy atom. The SMILES string of the molecule is CCC(C)C(N)C(=O)Nc1ccc(CN2CCN(C(C)=O)CC2)cc1. The Bertz CT molecular complexity index is 580. The molecule has 0 spiro atoms. The third-order valence-electron chi connectivity index (χ3n) is 5.01. The molecule has 1 fully saturated rings. The van der Waals surface area contributed by atoms with Crippen LogP contribution in [-0.4, -0.2) is 53.8 Å². The van der Waals surface area contributed by atoms with Crippen molar-refractivity contribution in [2.24, 2.45) is 11.7 Å². The number of carbonyl (C=O) groups is 2. The van der Waals surface area contributed by atoms with E-state index >= 15 is 0 Å². The van der Waals surface area contributed by atoms with Crippen molar-refractivity contribution >= 4 is 17.5 Å². The minimum Gasteiger partial charge on any atom is -0.340 e. The molecule has 1 aromatic carbocycles. The van der Waals surface area contributed by atoms with Gasteiger partial charge >= 0.3 is 0 Å². The molecule has 25 heavy (non-hydrogen) atoms. The molecule has 6 nitrogen and oxygen atoms in total. The fourth-order valence-corrected chi connectivity index (χ4v) is 2.91. The predicted molar refractivity (Wildman–Crippen MR) is 100 cm³/mol. The molecule has 2 rings (SSSR count). The Balaban J connectivity index is 1.84. The van der Waals surface area contributed by atoms with E-state index in [-0.39, 0.29) is 17.7 Å². The lowest BCUT2D eigenvalue weighted by Crippen LogP contribution is -2.47. The first-order chi connectivity index (χ1) is 11.9. The molecule has 1 aromatic rings. The van der Waals surface area contributed by atoms with Crippen LogP contribution in [0.2, 0.25) is 0 Å². The van der Waals surface area contributed by atoms with E-state index in [1.807, 2.05) is 43.0 Å². The summed E-state index contributed by atoms with van der Waals surface area (Å²) in [4.78, 5) is 27.7. The molecule has 2 amide bonds. The van der Waals surface area contributed by atoms with E-state index in [2.05, 4.69) is 10.2 Å². The van der Waals surface area contributed by atoms with Gasteiger partial charge < -0.3 is 16.0 Å². The van der Waals surface area contributed by atoms with E-state index in [0.717, 1.165) is 44.8 Å². The molecule has 0 saturated carbocycles. The average Bonchev–Trinajstić information content (AvgIpc) is 2.62. The smallest absolute Gasteiger partial charge is 0.241 e. The van der Waals surface area contributed by atoms with E-state index in [0.29, 0.717) is 0 Å². The highest BCUT2D eigenvalue weighted by molar-refractivity contribution is 5.94. The van der Waals surface area contributed by atoms with Crippen LogP contribution in [-0.2, 0) is 16.1 Å². The van der Waals surface area contributed by atoms with Crippen LogP contribution < -0.4 is 11.1 Å². The first kappa shape index (κ1) is 19.4. The van der Waals surface area contributed by atoms with Gasteiger partial charge in [0.25, 0.3) is 0 Å². The number of piperazine rings is 1. The molecule has 138 valence electrons. The fraction of sp³-hybridized carbons (Fsp3) is 0.579. The highest BCUT2D eigenvalue weighted by Crippen LogP contribution is 2.14. The number of carbonyl (C=O) groups excluding carboxylic acids is 2. The van der Waals surface area contributed by atoms with Gasteiger partial charge in [0, 0.05) is 45.3 Å². The van der Waals surface area contributed by atoms with Crippen molar-refractivity contribution in [3.63, 3.8) is 0 Å². The van der Waals surface area contributed by atoms with Gasteiger partial charge in [-0.2, -0.15) is 0 Å². The van der Waals surface area contributed by atoms with Crippen LogP contribution in [0.3, 0.4) is 0 Å².